The SMILES string of the molecule is N#Cc1c(N)[nH]c(=O)c(C#N)c1-c1ccc(-c2ccc(Cl)nn2)cc1. The van der Waals surface area contributed by atoms with Crippen molar-refractivity contribution in [1.29, 1.82) is 10.5 Å². The Labute approximate surface area is 146 Å². The predicted octanol–water partition coefficient (Wildman–Crippen LogP) is 2.48. The minimum absolute atomic E-state index is 0.0511. The molecule has 0 atom stereocenters. The molecular weight excluding hydrogens is 340 g/mol. The van der Waals surface area contributed by atoms with E-state index < -0.39 is 5.56 Å². The van der Waals surface area contributed by atoms with Crippen LogP contribution in [0.15, 0.2) is 41.2 Å². The topological polar surface area (TPSA) is 132 Å². The van der Waals surface area contributed by atoms with Gasteiger partial charge in [0.1, 0.15) is 29.1 Å². The van der Waals surface area contributed by atoms with E-state index in [9.17, 15) is 15.3 Å². The number of aromatic amines is 1. The third-order valence-corrected chi connectivity index (χ3v) is 3.77. The van der Waals surface area contributed by atoms with E-state index in [1.807, 2.05) is 12.1 Å². The van der Waals surface area contributed by atoms with Gasteiger partial charge in [0.05, 0.1) is 5.69 Å². The third kappa shape index (κ3) is 2.92. The molecule has 3 aromatic rings. The first-order valence-electron chi connectivity index (χ1n) is 7.01. The number of halogens is 1. The molecule has 0 saturated heterocycles. The van der Waals surface area contributed by atoms with Crippen LogP contribution in [-0.4, -0.2) is 15.2 Å². The van der Waals surface area contributed by atoms with Crippen molar-refractivity contribution in [3.05, 3.63) is 63.0 Å². The molecule has 0 aliphatic carbocycles. The second-order valence-electron chi connectivity index (χ2n) is 5.04. The summed E-state index contributed by atoms with van der Waals surface area (Å²) in [6.07, 6.45) is 0. The summed E-state index contributed by atoms with van der Waals surface area (Å²) in [5.74, 6) is -0.0749. The average molecular weight is 349 g/mol. The van der Waals surface area contributed by atoms with Gasteiger partial charge in [-0.15, -0.1) is 10.2 Å². The van der Waals surface area contributed by atoms with E-state index in [0.717, 1.165) is 5.56 Å². The van der Waals surface area contributed by atoms with Crippen LogP contribution < -0.4 is 11.3 Å². The molecule has 0 aliphatic rings. The van der Waals surface area contributed by atoms with Crippen LogP contribution in [0.3, 0.4) is 0 Å². The van der Waals surface area contributed by atoms with Crippen molar-refractivity contribution in [2.24, 2.45) is 0 Å². The Hall–Kier alpha value is -3.68. The summed E-state index contributed by atoms with van der Waals surface area (Å²) in [6.45, 7) is 0. The zero-order chi connectivity index (χ0) is 18.0. The van der Waals surface area contributed by atoms with E-state index in [2.05, 4.69) is 15.2 Å². The largest absolute Gasteiger partial charge is 0.384 e. The number of aromatic nitrogens is 3. The van der Waals surface area contributed by atoms with Crippen LogP contribution in [0.2, 0.25) is 5.15 Å². The van der Waals surface area contributed by atoms with Crippen LogP contribution in [0, 0.1) is 22.7 Å². The van der Waals surface area contributed by atoms with Crippen molar-refractivity contribution in [2.75, 3.05) is 5.73 Å². The van der Waals surface area contributed by atoms with Crippen LogP contribution >= 0.6 is 11.6 Å². The molecular formula is C17H9ClN6O. The van der Waals surface area contributed by atoms with Gasteiger partial charge in [0, 0.05) is 11.1 Å². The second-order valence-corrected chi connectivity index (χ2v) is 5.42. The lowest BCUT2D eigenvalue weighted by Gasteiger charge is -2.09. The Balaban J connectivity index is 2.16. The molecule has 0 spiro atoms. The van der Waals surface area contributed by atoms with Crippen LogP contribution in [0.25, 0.3) is 22.4 Å². The number of nitriles is 2. The van der Waals surface area contributed by atoms with Gasteiger partial charge < -0.3 is 10.7 Å². The lowest BCUT2D eigenvalue weighted by molar-refractivity contribution is 1.04. The molecule has 25 heavy (non-hydrogen) atoms. The maximum absolute atomic E-state index is 12.0. The van der Waals surface area contributed by atoms with Gasteiger partial charge in [0.15, 0.2) is 5.15 Å². The van der Waals surface area contributed by atoms with Crippen LogP contribution in [0.1, 0.15) is 11.1 Å². The van der Waals surface area contributed by atoms with Gasteiger partial charge in [-0.1, -0.05) is 35.9 Å². The minimum Gasteiger partial charge on any atom is -0.384 e. The maximum atomic E-state index is 12.0. The fourth-order valence-electron chi connectivity index (χ4n) is 2.41. The van der Waals surface area contributed by atoms with E-state index in [4.69, 9.17) is 17.3 Å². The predicted molar refractivity (Wildman–Crippen MR) is 92.4 cm³/mol. The molecule has 0 saturated carbocycles. The van der Waals surface area contributed by atoms with Crippen LogP contribution in [0.4, 0.5) is 5.82 Å². The molecule has 0 aliphatic heterocycles. The Bertz CT molecular complexity index is 1090. The fraction of sp³-hybridized carbons (Fsp3) is 0. The van der Waals surface area contributed by atoms with Crippen molar-refractivity contribution in [2.45, 2.75) is 0 Å². The first-order valence-corrected chi connectivity index (χ1v) is 7.39. The summed E-state index contributed by atoms with van der Waals surface area (Å²) < 4.78 is 0. The summed E-state index contributed by atoms with van der Waals surface area (Å²) in [4.78, 5) is 14.3. The second kappa shape index (κ2) is 6.44. The van der Waals surface area contributed by atoms with Crippen LogP contribution in [0.5, 0.6) is 0 Å². The third-order valence-electron chi connectivity index (χ3n) is 3.57. The molecule has 2 heterocycles. The number of benzene rings is 1. The summed E-state index contributed by atoms with van der Waals surface area (Å²) >= 11 is 5.72. The smallest absolute Gasteiger partial charge is 0.268 e. The van der Waals surface area contributed by atoms with E-state index in [1.54, 1.807) is 36.4 Å². The van der Waals surface area contributed by atoms with E-state index in [0.29, 0.717) is 11.3 Å². The molecule has 7 nitrogen and oxygen atoms in total. The first-order chi connectivity index (χ1) is 12.0. The van der Waals surface area contributed by atoms with Crippen LogP contribution in [-0.2, 0) is 0 Å². The van der Waals surface area contributed by atoms with E-state index in [-0.39, 0.29) is 27.7 Å². The summed E-state index contributed by atoms with van der Waals surface area (Å²) in [6, 6.07) is 14.0. The summed E-state index contributed by atoms with van der Waals surface area (Å²) in [5.41, 5.74) is 7.07. The normalized spacial score (nSPS) is 10.0. The highest BCUT2D eigenvalue weighted by molar-refractivity contribution is 6.29. The van der Waals surface area contributed by atoms with Crippen molar-refractivity contribution < 1.29 is 0 Å². The monoisotopic (exact) mass is 348 g/mol. The van der Waals surface area contributed by atoms with Gasteiger partial charge in [-0.25, -0.2) is 0 Å². The molecule has 0 bridgehead atoms. The number of anilines is 1. The number of nitrogens with one attached hydrogen (secondary N) is 1. The standard InChI is InChI=1S/C17H9ClN6O/c18-14-6-5-13(23-24-14)9-1-3-10(4-2-9)15-11(7-19)16(21)22-17(25)12(15)8-20/h1-6H,(H3,21,22,25). The highest BCUT2D eigenvalue weighted by Gasteiger charge is 2.18. The molecule has 8 heteroatoms. The van der Waals surface area contributed by atoms with E-state index >= 15 is 0 Å². The molecule has 3 rings (SSSR count). The first kappa shape index (κ1) is 16.2. The Morgan fingerprint density at radius 3 is 2.16 bits per heavy atom. The summed E-state index contributed by atoms with van der Waals surface area (Å²) in [7, 11) is 0. The molecule has 120 valence electrons. The average Bonchev–Trinajstić information content (AvgIpc) is 2.62. The van der Waals surface area contributed by atoms with Gasteiger partial charge in [-0.2, -0.15) is 10.5 Å². The van der Waals surface area contributed by atoms with E-state index in [1.165, 1.54) is 0 Å². The Morgan fingerprint density at radius 1 is 0.960 bits per heavy atom. The molecule has 0 unspecified atom stereocenters. The minimum atomic E-state index is -0.637. The number of nitrogen functional groups attached to an aromatic ring is 1. The maximum Gasteiger partial charge on any atom is 0.268 e. The van der Waals surface area contributed by atoms with Crippen molar-refractivity contribution in [3.8, 4) is 34.5 Å². The Morgan fingerprint density at radius 2 is 1.60 bits per heavy atom. The number of rotatable bonds is 2. The zero-order valence-corrected chi connectivity index (χ0v) is 13.4. The van der Waals surface area contributed by atoms with Crippen molar-refractivity contribution >= 4 is 17.4 Å². The molecule has 0 fully saturated rings. The molecule has 1 aromatic carbocycles. The number of H-pyrrole nitrogens is 1. The number of hydrogen-bond acceptors (Lipinski definition) is 6. The fourth-order valence-corrected chi connectivity index (χ4v) is 2.51. The van der Waals surface area contributed by atoms with Gasteiger partial charge in [0.2, 0.25) is 0 Å². The number of nitrogens with two attached hydrogens (primary N) is 1. The molecule has 0 radical (unpaired) electrons. The lowest BCUT2D eigenvalue weighted by atomic mass is 9.95. The molecule has 0 amide bonds. The summed E-state index contributed by atoms with van der Waals surface area (Å²) in [5, 5.41) is 26.7. The van der Waals surface area contributed by atoms with Crippen molar-refractivity contribution in [3.63, 3.8) is 0 Å². The quantitative estimate of drug-likeness (QED) is 0.731. The van der Waals surface area contributed by atoms with Gasteiger partial charge in [0.25, 0.3) is 5.56 Å². The molecule has 2 aromatic heterocycles. The van der Waals surface area contributed by atoms with Gasteiger partial charge in [-0.3, -0.25) is 4.79 Å². The highest BCUT2D eigenvalue weighted by Crippen LogP contribution is 2.29. The van der Waals surface area contributed by atoms with Crippen molar-refractivity contribution in [1.82, 2.24) is 15.2 Å². The van der Waals surface area contributed by atoms with Gasteiger partial charge in [-0.05, 0) is 17.7 Å². The Kier molecular flexibility index (Phi) is 4.17. The zero-order valence-electron chi connectivity index (χ0n) is 12.6. The highest BCUT2D eigenvalue weighted by atomic mass is 35.5. The van der Waals surface area contributed by atoms with Gasteiger partial charge >= 0.3 is 0 Å². The molecule has 3 N–H and O–H groups in total. The number of hydrogen-bond donors (Lipinski definition) is 2. The lowest BCUT2D eigenvalue weighted by Crippen LogP contribution is -2.16. The number of nitrogens with zero attached hydrogens (tertiary/aromatic N) is 4. The number of pyridine rings is 1.